The molecule has 0 fully saturated rings. The molecule has 2 amide bonds. The first-order chi connectivity index (χ1) is 11.3. The molecule has 2 N–H and O–H groups in total. The Morgan fingerprint density at radius 1 is 1.46 bits per heavy atom. The molecule has 1 unspecified atom stereocenters. The number of nitrogens with one attached hydrogen (secondary N) is 2. The summed E-state index contributed by atoms with van der Waals surface area (Å²) in [6.45, 7) is 5.75. The molecule has 1 aromatic carbocycles. The highest BCUT2D eigenvalue weighted by Crippen LogP contribution is 2.36. The minimum atomic E-state index is -1.70. The van der Waals surface area contributed by atoms with Crippen molar-refractivity contribution in [2.45, 2.75) is 32.9 Å². The number of hydrogen-bond acceptors (Lipinski definition) is 4. The van der Waals surface area contributed by atoms with Crippen LogP contribution < -0.4 is 15.4 Å². The van der Waals surface area contributed by atoms with Gasteiger partial charge in [0, 0.05) is 17.6 Å². The summed E-state index contributed by atoms with van der Waals surface area (Å²) in [5.74, 6) is -0.236. The van der Waals surface area contributed by atoms with Gasteiger partial charge in [0.1, 0.15) is 11.6 Å². The molecule has 126 valence electrons. The molecule has 0 saturated heterocycles. The minimum absolute atomic E-state index is 0.386. The van der Waals surface area contributed by atoms with Gasteiger partial charge in [-0.2, -0.15) is 5.10 Å². The van der Waals surface area contributed by atoms with Gasteiger partial charge >= 0.3 is 0 Å². The van der Waals surface area contributed by atoms with Gasteiger partial charge in [-0.15, -0.1) is 0 Å². The van der Waals surface area contributed by atoms with Gasteiger partial charge in [0.15, 0.2) is 0 Å². The molecule has 1 aliphatic heterocycles. The van der Waals surface area contributed by atoms with E-state index in [0.717, 1.165) is 5.69 Å². The molecule has 0 bridgehead atoms. The van der Waals surface area contributed by atoms with E-state index < -0.39 is 17.4 Å². The fourth-order valence-corrected chi connectivity index (χ4v) is 2.64. The van der Waals surface area contributed by atoms with E-state index in [0.29, 0.717) is 28.8 Å². The lowest BCUT2D eigenvalue weighted by Gasteiger charge is -2.33. The Balaban J connectivity index is 1.88. The van der Waals surface area contributed by atoms with Gasteiger partial charge in [0.05, 0.1) is 11.4 Å². The summed E-state index contributed by atoms with van der Waals surface area (Å²) in [4.78, 5) is 25.1. The Morgan fingerprint density at radius 3 is 2.92 bits per heavy atom. The van der Waals surface area contributed by atoms with Crippen LogP contribution in [0.1, 0.15) is 19.5 Å². The number of nitrogens with zero attached hydrogens (tertiary/aromatic N) is 2. The van der Waals surface area contributed by atoms with Crippen LogP contribution in [0, 0.1) is 6.92 Å². The van der Waals surface area contributed by atoms with Crippen molar-refractivity contribution in [1.29, 1.82) is 0 Å². The number of halogens is 1. The van der Waals surface area contributed by atoms with Crippen LogP contribution in [-0.2, 0) is 16.1 Å². The zero-order valence-electron chi connectivity index (χ0n) is 13.5. The Morgan fingerprint density at radius 2 is 2.21 bits per heavy atom. The average molecular weight is 349 g/mol. The maximum atomic E-state index is 12.7. The second kappa shape index (κ2) is 5.83. The van der Waals surface area contributed by atoms with Crippen LogP contribution in [0.2, 0.25) is 5.02 Å². The smallest absolute Gasteiger partial charge is 0.279 e. The Hall–Kier alpha value is -2.54. The predicted molar refractivity (Wildman–Crippen MR) is 90.4 cm³/mol. The van der Waals surface area contributed by atoms with Crippen molar-refractivity contribution in [3.8, 4) is 5.75 Å². The van der Waals surface area contributed by atoms with Gasteiger partial charge in [-0.05, 0) is 39.0 Å². The summed E-state index contributed by atoms with van der Waals surface area (Å²) in [6, 6.07) is 6.55. The number of carbonyl (C=O) groups is 2. The number of fused-ring (bicyclic) bond motifs is 1. The van der Waals surface area contributed by atoms with E-state index in [4.69, 9.17) is 16.3 Å². The molecule has 0 saturated carbocycles. The second-order valence-corrected chi connectivity index (χ2v) is 6.11. The van der Waals surface area contributed by atoms with Gasteiger partial charge < -0.3 is 15.4 Å². The first-order valence-electron chi connectivity index (χ1n) is 7.49. The maximum absolute atomic E-state index is 12.7. The SMILES string of the molecule is CCn1nc(C)cc1NC(=O)C1(C)Oc2ccc(Cl)cc2NC1=O. The number of anilines is 2. The van der Waals surface area contributed by atoms with Crippen LogP contribution >= 0.6 is 11.6 Å². The lowest BCUT2D eigenvalue weighted by atomic mass is 10.0. The molecule has 1 aromatic heterocycles. The summed E-state index contributed by atoms with van der Waals surface area (Å²) in [5.41, 5.74) is -0.490. The molecule has 8 heteroatoms. The van der Waals surface area contributed by atoms with Crippen molar-refractivity contribution < 1.29 is 14.3 Å². The highest BCUT2D eigenvalue weighted by Gasteiger charge is 2.47. The predicted octanol–water partition coefficient (Wildman–Crippen LogP) is 2.59. The van der Waals surface area contributed by atoms with Crippen molar-refractivity contribution in [1.82, 2.24) is 9.78 Å². The summed E-state index contributed by atoms with van der Waals surface area (Å²) in [5, 5.41) is 10.1. The van der Waals surface area contributed by atoms with Gasteiger partial charge in [-0.25, -0.2) is 4.68 Å². The Kier molecular flexibility index (Phi) is 3.96. The summed E-state index contributed by atoms with van der Waals surface area (Å²) < 4.78 is 7.33. The molecule has 0 radical (unpaired) electrons. The molecular weight excluding hydrogens is 332 g/mol. The third-order valence-electron chi connectivity index (χ3n) is 3.81. The van der Waals surface area contributed by atoms with Crippen molar-refractivity contribution in [3.05, 3.63) is 35.0 Å². The Bertz CT molecular complexity index is 833. The van der Waals surface area contributed by atoms with E-state index in [-0.39, 0.29) is 0 Å². The first-order valence-corrected chi connectivity index (χ1v) is 7.87. The number of benzene rings is 1. The third kappa shape index (κ3) is 2.71. The summed E-state index contributed by atoms with van der Waals surface area (Å²) >= 11 is 5.91. The fourth-order valence-electron chi connectivity index (χ4n) is 2.47. The van der Waals surface area contributed by atoms with Gasteiger partial charge in [0.25, 0.3) is 17.4 Å². The summed E-state index contributed by atoms with van der Waals surface area (Å²) in [6.07, 6.45) is 0. The molecule has 1 aliphatic rings. The quantitative estimate of drug-likeness (QED) is 0.835. The van der Waals surface area contributed by atoms with E-state index >= 15 is 0 Å². The molecule has 2 heterocycles. The molecule has 0 aliphatic carbocycles. The van der Waals surface area contributed by atoms with Crippen LogP contribution in [-0.4, -0.2) is 27.2 Å². The number of amides is 2. The highest BCUT2D eigenvalue weighted by atomic mass is 35.5. The summed E-state index contributed by atoms with van der Waals surface area (Å²) in [7, 11) is 0. The molecule has 24 heavy (non-hydrogen) atoms. The van der Waals surface area contributed by atoms with Gasteiger partial charge in [-0.3, -0.25) is 9.59 Å². The van der Waals surface area contributed by atoms with Crippen molar-refractivity contribution >= 4 is 34.9 Å². The molecule has 7 nitrogen and oxygen atoms in total. The van der Waals surface area contributed by atoms with Crippen LogP contribution in [0.5, 0.6) is 5.75 Å². The number of hydrogen-bond donors (Lipinski definition) is 2. The number of ether oxygens (including phenoxy) is 1. The third-order valence-corrected chi connectivity index (χ3v) is 4.05. The van der Waals surface area contributed by atoms with E-state index in [2.05, 4.69) is 15.7 Å². The van der Waals surface area contributed by atoms with Crippen molar-refractivity contribution in [3.63, 3.8) is 0 Å². The minimum Gasteiger partial charge on any atom is -0.466 e. The van der Waals surface area contributed by atoms with Gasteiger partial charge in [-0.1, -0.05) is 11.6 Å². The van der Waals surface area contributed by atoms with E-state index in [1.807, 2.05) is 13.8 Å². The molecular formula is C16H17ClN4O3. The molecule has 2 aromatic rings. The number of aromatic nitrogens is 2. The monoisotopic (exact) mass is 348 g/mol. The molecule has 3 rings (SSSR count). The fraction of sp³-hybridized carbons (Fsp3) is 0.312. The highest BCUT2D eigenvalue weighted by molar-refractivity contribution is 6.31. The van der Waals surface area contributed by atoms with Crippen LogP contribution in [0.15, 0.2) is 24.3 Å². The van der Waals surface area contributed by atoms with Crippen molar-refractivity contribution in [2.75, 3.05) is 10.6 Å². The average Bonchev–Trinajstić information content (AvgIpc) is 2.88. The van der Waals surface area contributed by atoms with Gasteiger partial charge in [0.2, 0.25) is 0 Å². The maximum Gasteiger partial charge on any atom is 0.279 e. The van der Waals surface area contributed by atoms with E-state index in [1.54, 1.807) is 28.9 Å². The molecule has 1 atom stereocenters. The number of carbonyl (C=O) groups excluding carboxylic acids is 2. The van der Waals surface area contributed by atoms with Crippen LogP contribution in [0.25, 0.3) is 0 Å². The zero-order chi connectivity index (χ0) is 17.5. The Labute approximate surface area is 143 Å². The lowest BCUT2D eigenvalue weighted by molar-refractivity contribution is -0.143. The largest absolute Gasteiger partial charge is 0.466 e. The van der Waals surface area contributed by atoms with Crippen molar-refractivity contribution in [2.24, 2.45) is 0 Å². The molecule has 0 spiro atoms. The second-order valence-electron chi connectivity index (χ2n) is 5.67. The standard InChI is InChI=1S/C16H17ClN4O3/c1-4-21-13(7-9(2)20-21)19-15(23)16(3)14(22)18-11-8-10(17)5-6-12(11)24-16/h5-8H,4H2,1-3H3,(H,18,22)(H,19,23). The normalized spacial score (nSPS) is 19.2. The van der Waals surface area contributed by atoms with Crippen LogP contribution in [0.4, 0.5) is 11.5 Å². The zero-order valence-corrected chi connectivity index (χ0v) is 14.3. The van der Waals surface area contributed by atoms with E-state index in [1.165, 1.54) is 6.92 Å². The first kappa shape index (κ1) is 16.3. The lowest BCUT2D eigenvalue weighted by Crippen LogP contribution is -2.56. The number of rotatable bonds is 3. The van der Waals surface area contributed by atoms with Crippen LogP contribution in [0.3, 0.4) is 0 Å². The van der Waals surface area contributed by atoms with E-state index in [9.17, 15) is 9.59 Å². The topological polar surface area (TPSA) is 85.2 Å². The number of aryl methyl sites for hydroxylation is 2.